The fraction of sp³-hybridized carbons (Fsp3) is 0.0625. The minimum atomic E-state index is -4.56. The topological polar surface area (TPSA) is 54.9 Å². The monoisotopic (exact) mass is 417 g/mol. The maximum absolute atomic E-state index is 12.5. The summed E-state index contributed by atoms with van der Waals surface area (Å²) in [7, 11) is 0. The number of hydrogen-bond acceptors (Lipinski definition) is 4. The number of rotatable bonds is 3. The molecule has 134 valence electrons. The van der Waals surface area contributed by atoms with Gasteiger partial charge < -0.3 is 0 Å². The first-order chi connectivity index (χ1) is 12.2. The van der Waals surface area contributed by atoms with Crippen molar-refractivity contribution >= 4 is 45.6 Å². The summed E-state index contributed by atoms with van der Waals surface area (Å²) in [6, 6.07) is 6.70. The van der Waals surface area contributed by atoms with E-state index in [9.17, 15) is 18.0 Å². The van der Waals surface area contributed by atoms with Gasteiger partial charge in [0.15, 0.2) is 5.13 Å². The van der Waals surface area contributed by atoms with E-state index >= 15 is 0 Å². The normalized spacial score (nSPS) is 11.4. The quantitative estimate of drug-likeness (QED) is 0.587. The van der Waals surface area contributed by atoms with Gasteiger partial charge in [0.05, 0.1) is 16.3 Å². The van der Waals surface area contributed by atoms with Crippen molar-refractivity contribution in [2.45, 2.75) is 6.18 Å². The Hall–Kier alpha value is -2.16. The molecule has 0 aliphatic rings. The molecule has 1 amide bonds. The van der Waals surface area contributed by atoms with Crippen LogP contribution < -0.4 is 5.32 Å². The molecule has 3 rings (SSSR count). The molecule has 2 aromatic heterocycles. The lowest BCUT2D eigenvalue weighted by Crippen LogP contribution is -2.14. The first-order valence-corrected chi connectivity index (χ1v) is 8.63. The summed E-state index contributed by atoms with van der Waals surface area (Å²) in [5.41, 5.74) is 0.0344. The van der Waals surface area contributed by atoms with Crippen LogP contribution in [0.1, 0.15) is 16.1 Å². The highest BCUT2D eigenvalue weighted by Gasteiger charge is 2.32. The molecule has 3 aromatic rings. The second-order valence-electron chi connectivity index (χ2n) is 5.05. The summed E-state index contributed by atoms with van der Waals surface area (Å²) in [6.45, 7) is 0. The summed E-state index contributed by atoms with van der Waals surface area (Å²) in [6.07, 6.45) is -3.70. The van der Waals surface area contributed by atoms with Gasteiger partial charge in [-0.2, -0.15) is 13.2 Å². The average molecular weight is 418 g/mol. The lowest BCUT2D eigenvalue weighted by atomic mass is 10.2. The second-order valence-corrected chi connectivity index (χ2v) is 6.75. The van der Waals surface area contributed by atoms with E-state index in [1.165, 1.54) is 0 Å². The van der Waals surface area contributed by atoms with Gasteiger partial charge in [0, 0.05) is 22.2 Å². The van der Waals surface area contributed by atoms with Crippen LogP contribution in [-0.4, -0.2) is 15.9 Å². The molecule has 0 atom stereocenters. The van der Waals surface area contributed by atoms with Crippen LogP contribution in [0.25, 0.3) is 11.3 Å². The Balaban J connectivity index is 1.77. The Kier molecular flexibility index (Phi) is 5.17. The van der Waals surface area contributed by atoms with Crippen LogP contribution in [0.2, 0.25) is 10.0 Å². The molecule has 2 heterocycles. The third kappa shape index (κ3) is 4.14. The van der Waals surface area contributed by atoms with Crippen molar-refractivity contribution in [1.82, 2.24) is 9.97 Å². The number of alkyl halides is 3. The van der Waals surface area contributed by atoms with Crippen LogP contribution in [0.5, 0.6) is 0 Å². The first-order valence-electron chi connectivity index (χ1n) is 6.99. The molecule has 0 aliphatic heterocycles. The highest BCUT2D eigenvalue weighted by molar-refractivity contribution is 7.14. The molecule has 0 saturated carbocycles. The number of carbonyl (C=O) groups is 1. The number of nitrogens with one attached hydrogen (secondary N) is 1. The summed E-state index contributed by atoms with van der Waals surface area (Å²) >= 11 is 13.2. The number of thiazole rings is 1. The Morgan fingerprint density at radius 1 is 1.15 bits per heavy atom. The van der Waals surface area contributed by atoms with Gasteiger partial charge in [-0.3, -0.25) is 15.1 Å². The van der Waals surface area contributed by atoms with Crippen molar-refractivity contribution in [3.63, 3.8) is 0 Å². The molecule has 26 heavy (non-hydrogen) atoms. The smallest absolute Gasteiger partial charge is 0.298 e. The highest BCUT2D eigenvalue weighted by atomic mass is 35.5. The molecule has 0 aliphatic carbocycles. The predicted molar refractivity (Wildman–Crippen MR) is 94.8 cm³/mol. The number of halogens is 5. The van der Waals surface area contributed by atoms with Crippen molar-refractivity contribution < 1.29 is 18.0 Å². The number of aromatic nitrogens is 2. The van der Waals surface area contributed by atoms with Crippen LogP contribution in [0.15, 0.2) is 41.9 Å². The van der Waals surface area contributed by atoms with E-state index in [1.54, 1.807) is 23.6 Å². The van der Waals surface area contributed by atoms with Crippen LogP contribution >= 0.6 is 34.5 Å². The standard InChI is InChI=1S/C16H8Cl2F3N3OS/c17-9-2-3-11(18)10(5-9)12-7-26-15(23-12)24-14(25)8-1-4-13(22-6-8)16(19,20)21/h1-7H,(H,23,24,25). The fourth-order valence-corrected chi connectivity index (χ4v) is 3.11. The lowest BCUT2D eigenvalue weighted by Gasteiger charge is -2.06. The van der Waals surface area contributed by atoms with Crippen molar-refractivity contribution in [2.24, 2.45) is 0 Å². The lowest BCUT2D eigenvalue weighted by molar-refractivity contribution is -0.141. The van der Waals surface area contributed by atoms with E-state index in [4.69, 9.17) is 23.2 Å². The molecule has 10 heteroatoms. The van der Waals surface area contributed by atoms with E-state index in [2.05, 4.69) is 15.3 Å². The van der Waals surface area contributed by atoms with Gasteiger partial charge in [-0.25, -0.2) is 4.98 Å². The Labute approximate surface area is 159 Å². The predicted octanol–water partition coefficient (Wildman–Crippen LogP) is 5.78. The number of nitrogens with zero attached hydrogens (tertiary/aromatic N) is 2. The largest absolute Gasteiger partial charge is 0.433 e. The van der Waals surface area contributed by atoms with E-state index in [0.29, 0.717) is 21.3 Å². The Bertz CT molecular complexity index is 958. The SMILES string of the molecule is O=C(Nc1nc(-c2cc(Cl)ccc2Cl)cs1)c1ccc(C(F)(F)F)nc1. The van der Waals surface area contributed by atoms with Crippen molar-refractivity contribution in [2.75, 3.05) is 5.32 Å². The number of pyridine rings is 1. The summed E-state index contributed by atoms with van der Waals surface area (Å²) in [5.74, 6) is -0.621. The van der Waals surface area contributed by atoms with Crippen LogP contribution in [0.4, 0.5) is 18.3 Å². The van der Waals surface area contributed by atoms with E-state index in [1.807, 2.05) is 0 Å². The zero-order valence-corrected chi connectivity index (χ0v) is 15.0. The molecule has 0 bridgehead atoms. The van der Waals surface area contributed by atoms with Crippen LogP contribution in [-0.2, 0) is 6.18 Å². The zero-order valence-electron chi connectivity index (χ0n) is 12.6. The molecule has 1 N–H and O–H groups in total. The number of hydrogen-bond donors (Lipinski definition) is 1. The fourth-order valence-electron chi connectivity index (χ4n) is 2.01. The van der Waals surface area contributed by atoms with E-state index in [-0.39, 0.29) is 10.7 Å². The molecule has 1 aromatic carbocycles. The van der Waals surface area contributed by atoms with Gasteiger partial charge in [0.2, 0.25) is 0 Å². The van der Waals surface area contributed by atoms with Gasteiger partial charge in [-0.15, -0.1) is 11.3 Å². The summed E-state index contributed by atoms with van der Waals surface area (Å²) < 4.78 is 37.5. The van der Waals surface area contributed by atoms with E-state index < -0.39 is 17.8 Å². The number of amides is 1. The van der Waals surface area contributed by atoms with Crippen LogP contribution in [0.3, 0.4) is 0 Å². The van der Waals surface area contributed by atoms with Crippen LogP contribution in [0, 0.1) is 0 Å². The third-order valence-electron chi connectivity index (χ3n) is 3.25. The molecular weight excluding hydrogens is 410 g/mol. The molecule has 0 spiro atoms. The molecule has 0 radical (unpaired) electrons. The van der Waals surface area contributed by atoms with Gasteiger partial charge in [-0.05, 0) is 30.3 Å². The molecule has 0 fully saturated rings. The maximum Gasteiger partial charge on any atom is 0.433 e. The van der Waals surface area contributed by atoms with Gasteiger partial charge in [0.25, 0.3) is 5.91 Å². The Morgan fingerprint density at radius 3 is 2.58 bits per heavy atom. The van der Waals surface area contributed by atoms with Crippen molar-refractivity contribution in [1.29, 1.82) is 0 Å². The number of benzene rings is 1. The van der Waals surface area contributed by atoms with Gasteiger partial charge in [-0.1, -0.05) is 23.2 Å². The van der Waals surface area contributed by atoms with E-state index in [0.717, 1.165) is 29.7 Å². The van der Waals surface area contributed by atoms with Crippen molar-refractivity contribution in [3.8, 4) is 11.3 Å². The Morgan fingerprint density at radius 2 is 1.92 bits per heavy atom. The zero-order chi connectivity index (χ0) is 18.9. The minimum absolute atomic E-state index is 0.0180. The molecular formula is C16H8Cl2F3N3OS. The van der Waals surface area contributed by atoms with Gasteiger partial charge in [0.1, 0.15) is 5.69 Å². The minimum Gasteiger partial charge on any atom is -0.298 e. The molecule has 0 saturated heterocycles. The second kappa shape index (κ2) is 7.22. The number of anilines is 1. The number of carbonyl (C=O) groups excluding carboxylic acids is 1. The molecule has 0 unspecified atom stereocenters. The van der Waals surface area contributed by atoms with Gasteiger partial charge >= 0.3 is 6.18 Å². The summed E-state index contributed by atoms with van der Waals surface area (Å²) in [4.78, 5) is 19.6. The first kappa shape index (κ1) is 18.6. The highest BCUT2D eigenvalue weighted by Crippen LogP contribution is 2.33. The third-order valence-corrected chi connectivity index (χ3v) is 4.57. The maximum atomic E-state index is 12.5. The van der Waals surface area contributed by atoms with Crippen molar-refractivity contribution in [3.05, 3.63) is 63.2 Å². The molecule has 4 nitrogen and oxygen atoms in total. The summed E-state index contributed by atoms with van der Waals surface area (Å²) in [5, 5.41) is 5.39. The average Bonchev–Trinajstić information content (AvgIpc) is 3.04.